The number of pyridine rings is 1. The lowest BCUT2D eigenvalue weighted by molar-refractivity contribution is -0.122. The van der Waals surface area contributed by atoms with Crippen molar-refractivity contribution in [2.75, 3.05) is 13.1 Å². The summed E-state index contributed by atoms with van der Waals surface area (Å²) in [6.45, 7) is 2.33. The van der Waals surface area contributed by atoms with Gasteiger partial charge in [0, 0.05) is 19.2 Å². The molecule has 1 atom stereocenters. The molecule has 1 aliphatic rings. The lowest BCUT2D eigenvalue weighted by Crippen LogP contribution is -2.34. The van der Waals surface area contributed by atoms with Crippen LogP contribution in [0.3, 0.4) is 0 Å². The first kappa shape index (κ1) is 14.5. The number of rotatable bonds is 5. The van der Waals surface area contributed by atoms with Gasteiger partial charge in [0.1, 0.15) is 5.69 Å². The Morgan fingerprint density at radius 3 is 2.90 bits per heavy atom. The molecule has 0 aromatic carbocycles. The van der Waals surface area contributed by atoms with E-state index in [4.69, 9.17) is 5.11 Å². The van der Waals surface area contributed by atoms with Gasteiger partial charge in [-0.2, -0.15) is 0 Å². The average Bonchev–Trinajstić information content (AvgIpc) is 2.46. The van der Waals surface area contributed by atoms with Crippen molar-refractivity contribution in [3.8, 4) is 0 Å². The highest BCUT2D eigenvalue weighted by molar-refractivity contribution is 5.85. The number of nitrogens with zero attached hydrogens (tertiary/aromatic N) is 1. The predicted molar refractivity (Wildman–Crippen MR) is 73.3 cm³/mol. The third-order valence-corrected chi connectivity index (χ3v) is 3.41. The van der Waals surface area contributed by atoms with Crippen molar-refractivity contribution in [2.24, 2.45) is 5.92 Å². The molecule has 108 valence electrons. The van der Waals surface area contributed by atoms with Gasteiger partial charge in [-0.25, -0.2) is 9.78 Å². The van der Waals surface area contributed by atoms with Gasteiger partial charge in [0.2, 0.25) is 5.91 Å². The molecule has 1 aromatic rings. The van der Waals surface area contributed by atoms with Crippen LogP contribution in [0.1, 0.15) is 35.3 Å². The Hall–Kier alpha value is -1.95. The van der Waals surface area contributed by atoms with Crippen LogP contribution in [0, 0.1) is 5.92 Å². The van der Waals surface area contributed by atoms with E-state index in [0.717, 1.165) is 31.5 Å². The Kier molecular flexibility index (Phi) is 5.06. The lowest BCUT2D eigenvalue weighted by Gasteiger charge is -2.22. The molecule has 1 unspecified atom stereocenters. The molecule has 20 heavy (non-hydrogen) atoms. The van der Waals surface area contributed by atoms with E-state index >= 15 is 0 Å². The van der Waals surface area contributed by atoms with E-state index in [0.29, 0.717) is 18.9 Å². The minimum atomic E-state index is -1.05. The maximum Gasteiger partial charge on any atom is 0.354 e. The quantitative estimate of drug-likeness (QED) is 0.740. The van der Waals surface area contributed by atoms with Gasteiger partial charge in [-0.3, -0.25) is 4.79 Å². The first-order valence-electron chi connectivity index (χ1n) is 6.81. The molecule has 0 aliphatic carbocycles. The fraction of sp³-hybridized carbons (Fsp3) is 0.500. The van der Waals surface area contributed by atoms with Gasteiger partial charge in [-0.1, -0.05) is 6.07 Å². The van der Waals surface area contributed by atoms with Gasteiger partial charge < -0.3 is 15.7 Å². The third-order valence-electron chi connectivity index (χ3n) is 3.41. The zero-order valence-electron chi connectivity index (χ0n) is 11.3. The van der Waals surface area contributed by atoms with Crippen molar-refractivity contribution in [3.63, 3.8) is 0 Å². The zero-order chi connectivity index (χ0) is 14.4. The summed E-state index contributed by atoms with van der Waals surface area (Å²) < 4.78 is 0. The molecule has 3 N–H and O–H groups in total. The number of piperidine rings is 1. The van der Waals surface area contributed by atoms with E-state index in [-0.39, 0.29) is 11.6 Å². The topological polar surface area (TPSA) is 91.3 Å². The molecule has 1 aliphatic heterocycles. The van der Waals surface area contributed by atoms with Crippen LogP contribution >= 0.6 is 0 Å². The fourth-order valence-electron chi connectivity index (χ4n) is 2.29. The molecule has 6 heteroatoms. The number of carbonyl (C=O) groups is 2. The van der Waals surface area contributed by atoms with Crippen LogP contribution in [0.4, 0.5) is 0 Å². The molecule has 0 bridgehead atoms. The Bertz CT molecular complexity index is 467. The Balaban J connectivity index is 1.76. The highest BCUT2D eigenvalue weighted by Crippen LogP contribution is 2.13. The summed E-state index contributed by atoms with van der Waals surface area (Å²) in [5.41, 5.74) is 0.804. The number of amides is 1. The van der Waals surface area contributed by atoms with Crippen molar-refractivity contribution in [2.45, 2.75) is 25.8 Å². The molecular formula is C14H19N3O3. The Morgan fingerprint density at radius 2 is 2.30 bits per heavy atom. The number of carbonyl (C=O) groups excluding carboxylic acids is 1. The van der Waals surface area contributed by atoms with E-state index in [2.05, 4.69) is 15.6 Å². The molecule has 1 amide bonds. The van der Waals surface area contributed by atoms with Crippen LogP contribution in [-0.4, -0.2) is 35.1 Å². The number of carboxylic acids is 1. The number of aromatic nitrogens is 1. The van der Waals surface area contributed by atoms with Gasteiger partial charge in [0.15, 0.2) is 0 Å². The number of nitrogens with one attached hydrogen (secondary N) is 2. The molecule has 1 fully saturated rings. The van der Waals surface area contributed by atoms with Gasteiger partial charge in [0.05, 0.1) is 0 Å². The normalized spacial score (nSPS) is 18.5. The third kappa shape index (κ3) is 4.31. The summed E-state index contributed by atoms with van der Waals surface area (Å²) >= 11 is 0. The summed E-state index contributed by atoms with van der Waals surface area (Å²) in [5, 5.41) is 14.9. The number of carboxylic acid groups (broad SMARTS) is 1. The number of hydrogen-bond donors (Lipinski definition) is 3. The molecule has 0 radical (unpaired) electrons. The fourth-order valence-corrected chi connectivity index (χ4v) is 2.29. The van der Waals surface area contributed by atoms with Gasteiger partial charge in [0.25, 0.3) is 0 Å². The molecular weight excluding hydrogens is 258 g/mol. The van der Waals surface area contributed by atoms with E-state index < -0.39 is 5.97 Å². The highest BCUT2D eigenvalue weighted by atomic mass is 16.4. The van der Waals surface area contributed by atoms with Crippen molar-refractivity contribution in [3.05, 3.63) is 29.6 Å². The first-order valence-corrected chi connectivity index (χ1v) is 6.81. The van der Waals surface area contributed by atoms with E-state index in [9.17, 15) is 9.59 Å². The standard InChI is InChI=1S/C14H19N3O3/c18-13(6-10-2-1-5-15-7-10)17-9-11-3-4-12(14(19)20)16-8-11/h3-4,8,10,15H,1-2,5-7,9H2,(H,17,18)(H,19,20). The molecule has 2 rings (SSSR count). The first-order chi connectivity index (χ1) is 9.65. The predicted octanol–water partition coefficient (Wildman–Crippen LogP) is 0.786. The summed E-state index contributed by atoms with van der Waals surface area (Å²) in [4.78, 5) is 26.3. The molecule has 1 saturated heterocycles. The monoisotopic (exact) mass is 277 g/mol. The average molecular weight is 277 g/mol. The van der Waals surface area contributed by atoms with Gasteiger partial charge in [-0.05, 0) is 43.5 Å². The second kappa shape index (κ2) is 7.00. The van der Waals surface area contributed by atoms with Crippen molar-refractivity contribution in [1.29, 1.82) is 0 Å². The van der Waals surface area contributed by atoms with E-state index in [1.807, 2.05) is 0 Å². The maximum absolute atomic E-state index is 11.8. The van der Waals surface area contributed by atoms with Crippen LogP contribution in [0.5, 0.6) is 0 Å². The zero-order valence-corrected chi connectivity index (χ0v) is 11.3. The number of hydrogen-bond acceptors (Lipinski definition) is 4. The highest BCUT2D eigenvalue weighted by Gasteiger charge is 2.16. The number of aromatic carboxylic acids is 1. The summed E-state index contributed by atoms with van der Waals surface area (Å²) in [6.07, 6.45) is 4.23. The second-order valence-corrected chi connectivity index (χ2v) is 5.05. The molecule has 1 aromatic heterocycles. The van der Waals surface area contributed by atoms with Crippen LogP contribution in [0.25, 0.3) is 0 Å². The van der Waals surface area contributed by atoms with E-state index in [1.165, 1.54) is 12.3 Å². The van der Waals surface area contributed by atoms with Crippen LogP contribution in [-0.2, 0) is 11.3 Å². The minimum Gasteiger partial charge on any atom is -0.477 e. The summed E-state index contributed by atoms with van der Waals surface area (Å²) in [7, 11) is 0. The van der Waals surface area contributed by atoms with Crippen LogP contribution < -0.4 is 10.6 Å². The van der Waals surface area contributed by atoms with Gasteiger partial charge in [-0.15, -0.1) is 0 Å². The van der Waals surface area contributed by atoms with E-state index in [1.54, 1.807) is 6.07 Å². The molecule has 0 saturated carbocycles. The Morgan fingerprint density at radius 1 is 1.45 bits per heavy atom. The molecule has 0 spiro atoms. The lowest BCUT2D eigenvalue weighted by atomic mass is 9.96. The largest absolute Gasteiger partial charge is 0.477 e. The smallest absolute Gasteiger partial charge is 0.354 e. The summed E-state index contributed by atoms with van der Waals surface area (Å²) in [6, 6.07) is 3.10. The molecule has 6 nitrogen and oxygen atoms in total. The van der Waals surface area contributed by atoms with Crippen molar-refractivity contribution < 1.29 is 14.7 Å². The summed E-state index contributed by atoms with van der Waals surface area (Å²) in [5.74, 6) is -0.609. The van der Waals surface area contributed by atoms with Crippen LogP contribution in [0.15, 0.2) is 18.3 Å². The van der Waals surface area contributed by atoms with Gasteiger partial charge >= 0.3 is 5.97 Å². The Labute approximate surface area is 117 Å². The van der Waals surface area contributed by atoms with Crippen molar-refractivity contribution >= 4 is 11.9 Å². The second-order valence-electron chi connectivity index (χ2n) is 5.05. The van der Waals surface area contributed by atoms with Crippen LogP contribution in [0.2, 0.25) is 0 Å². The SMILES string of the molecule is O=C(CC1CCCNC1)NCc1ccc(C(=O)O)nc1. The maximum atomic E-state index is 11.8. The minimum absolute atomic E-state index is 0.00774. The molecule has 2 heterocycles. The van der Waals surface area contributed by atoms with Crippen molar-refractivity contribution in [1.82, 2.24) is 15.6 Å².